The maximum absolute atomic E-state index is 6.14. The number of hydrogen-bond acceptors (Lipinski definition) is 3. The number of nitrogens with zero attached hydrogens (tertiary/aromatic N) is 2. The van der Waals surface area contributed by atoms with Gasteiger partial charge in [-0.2, -0.15) is 0 Å². The topological polar surface area (TPSA) is 32.5 Å². The number of likely N-dealkylation sites (N-methyl/N-ethyl adjacent to an activating group) is 1. The minimum atomic E-state index is 0.326. The van der Waals surface area contributed by atoms with Gasteiger partial charge in [0, 0.05) is 25.2 Å². The monoisotopic (exact) mass is 253 g/mol. The molecule has 0 aromatic carbocycles. The lowest BCUT2D eigenvalue weighted by Crippen LogP contribution is -2.56. The first-order chi connectivity index (χ1) is 8.80. The summed E-state index contributed by atoms with van der Waals surface area (Å²) < 4.78 is 0. The zero-order chi connectivity index (χ0) is 12.8. The van der Waals surface area contributed by atoms with E-state index in [2.05, 4.69) is 16.7 Å². The molecule has 0 aromatic heterocycles. The Bertz CT molecular complexity index is 230. The molecule has 1 heterocycles. The van der Waals surface area contributed by atoms with Crippen LogP contribution >= 0.6 is 0 Å². The van der Waals surface area contributed by atoms with Gasteiger partial charge in [-0.15, -0.1) is 0 Å². The van der Waals surface area contributed by atoms with Crippen LogP contribution in [0.5, 0.6) is 0 Å². The van der Waals surface area contributed by atoms with Crippen molar-refractivity contribution in [2.75, 3.05) is 39.3 Å². The Morgan fingerprint density at radius 1 is 1.06 bits per heavy atom. The largest absolute Gasteiger partial charge is 0.329 e. The second kappa shape index (κ2) is 6.88. The summed E-state index contributed by atoms with van der Waals surface area (Å²) in [6, 6.07) is 0. The highest BCUT2D eigenvalue weighted by Gasteiger charge is 2.35. The molecule has 0 atom stereocenters. The van der Waals surface area contributed by atoms with Crippen LogP contribution in [-0.2, 0) is 0 Å². The van der Waals surface area contributed by atoms with E-state index in [1.165, 1.54) is 71.1 Å². The van der Waals surface area contributed by atoms with Gasteiger partial charge in [-0.25, -0.2) is 0 Å². The summed E-state index contributed by atoms with van der Waals surface area (Å²) in [5.74, 6) is 0. The zero-order valence-corrected chi connectivity index (χ0v) is 12.2. The van der Waals surface area contributed by atoms with Gasteiger partial charge in [0.1, 0.15) is 0 Å². The molecule has 2 N–H and O–H groups in total. The van der Waals surface area contributed by atoms with Crippen molar-refractivity contribution in [3.8, 4) is 0 Å². The number of likely N-dealkylation sites (tertiary alicyclic amines) is 1. The second-order valence-electron chi connectivity index (χ2n) is 6.12. The van der Waals surface area contributed by atoms with Crippen LogP contribution in [-0.4, -0.2) is 54.6 Å². The van der Waals surface area contributed by atoms with Gasteiger partial charge in [-0.05, 0) is 45.3 Å². The molecule has 0 bridgehead atoms. The minimum Gasteiger partial charge on any atom is -0.329 e. The number of rotatable bonds is 6. The summed E-state index contributed by atoms with van der Waals surface area (Å²) in [6.07, 6.45) is 9.58. The third-order valence-corrected chi connectivity index (χ3v) is 5.10. The van der Waals surface area contributed by atoms with Crippen molar-refractivity contribution in [3.05, 3.63) is 0 Å². The fourth-order valence-electron chi connectivity index (χ4n) is 3.86. The van der Waals surface area contributed by atoms with Crippen molar-refractivity contribution < 1.29 is 0 Å². The number of hydrogen-bond donors (Lipinski definition) is 1. The first kappa shape index (κ1) is 14.3. The van der Waals surface area contributed by atoms with E-state index in [0.717, 1.165) is 13.1 Å². The van der Waals surface area contributed by atoms with Gasteiger partial charge >= 0.3 is 0 Å². The van der Waals surface area contributed by atoms with E-state index in [0.29, 0.717) is 5.54 Å². The van der Waals surface area contributed by atoms with Gasteiger partial charge in [-0.1, -0.05) is 26.2 Å². The smallest absolute Gasteiger partial charge is 0.0332 e. The van der Waals surface area contributed by atoms with Crippen LogP contribution in [0.4, 0.5) is 0 Å². The van der Waals surface area contributed by atoms with Gasteiger partial charge in [0.15, 0.2) is 0 Å². The highest BCUT2D eigenvalue weighted by Crippen LogP contribution is 2.32. The Morgan fingerprint density at radius 2 is 1.72 bits per heavy atom. The molecule has 0 unspecified atom stereocenters. The maximum atomic E-state index is 6.14. The molecule has 3 heteroatoms. The average Bonchev–Trinajstić information content (AvgIpc) is 2.93. The zero-order valence-electron chi connectivity index (χ0n) is 12.2. The molecule has 1 saturated heterocycles. The summed E-state index contributed by atoms with van der Waals surface area (Å²) in [5, 5.41) is 0. The minimum absolute atomic E-state index is 0.326. The highest BCUT2D eigenvalue weighted by atomic mass is 15.2. The van der Waals surface area contributed by atoms with Crippen molar-refractivity contribution in [1.82, 2.24) is 9.80 Å². The molecule has 1 aliphatic carbocycles. The summed E-state index contributed by atoms with van der Waals surface area (Å²) in [6.45, 7) is 9.39. The van der Waals surface area contributed by atoms with E-state index in [9.17, 15) is 0 Å². The van der Waals surface area contributed by atoms with Crippen LogP contribution in [0.15, 0.2) is 0 Å². The quantitative estimate of drug-likeness (QED) is 0.786. The molecular formula is C15H31N3. The molecular weight excluding hydrogens is 222 g/mol. The van der Waals surface area contributed by atoms with Crippen LogP contribution in [0.25, 0.3) is 0 Å². The first-order valence-corrected chi connectivity index (χ1v) is 7.98. The lowest BCUT2D eigenvalue weighted by atomic mass is 9.80. The number of nitrogens with two attached hydrogens (primary N) is 1. The summed E-state index contributed by atoms with van der Waals surface area (Å²) in [5.41, 5.74) is 6.47. The fourth-order valence-corrected chi connectivity index (χ4v) is 3.86. The first-order valence-electron chi connectivity index (χ1n) is 7.98. The third-order valence-electron chi connectivity index (χ3n) is 5.10. The molecule has 0 amide bonds. The van der Waals surface area contributed by atoms with Crippen LogP contribution in [0, 0.1) is 0 Å². The Morgan fingerprint density at radius 3 is 2.28 bits per heavy atom. The van der Waals surface area contributed by atoms with E-state index in [1.54, 1.807) is 0 Å². The lowest BCUT2D eigenvalue weighted by molar-refractivity contribution is 0.0541. The normalized spacial score (nSPS) is 24.8. The van der Waals surface area contributed by atoms with Crippen LogP contribution in [0.2, 0.25) is 0 Å². The average molecular weight is 253 g/mol. The third kappa shape index (κ3) is 3.25. The van der Waals surface area contributed by atoms with Crippen LogP contribution in [0.1, 0.15) is 51.9 Å². The fraction of sp³-hybridized carbons (Fsp3) is 1.00. The SMILES string of the molecule is CCN(CCN1CCCC1)C1(CN)CCCCC1. The molecule has 2 aliphatic rings. The molecule has 1 saturated carbocycles. The van der Waals surface area contributed by atoms with Crippen LogP contribution in [0.3, 0.4) is 0 Å². The van der Waals surface area contributed by atoms with Crippen molar-refractivity contribution in [3.63, 3.8) is 0 Å². The van der Waals surface area contributed by atoms with Gasteiger partial charge < -0.3 is 10.6 Å². The van der Waals surface area contributed by atoms with Gasteiger partial charge in [0.25, 0.3) is 0 Å². The molecule has 2 rings (SSSR count). The summed E-state index contributed by atoms with van der Waals surface area (Å²) in [7, 11) is 0. The van der Waals surface area contributed by atoms with E-state index < -0.39 is 0 Å². The van der Waals surface area contributed by atoms with Crippen molar-refractivity contribution in [2.24, 2.45) is 5.73 Å². The molecule has 1 aliphatic heterocycles. The van der Waals surface area contributed by atoms with E-state index in [-0.39, 0.29) is 0 Å². The van der Waals surface area contributed by atoms with Crippen molar-refractivity contribution >= 4 is 0 Å². The summed E-state index contributed by atoms with van der Waals surface area (Å²) >= 11 is 0. The Kier molecular flexibility index (Phi) is 5.46. The van der Waals surface area contributed by atoms with Crippen molar-refractivity contribution in [2.45, 2.75) is 57.4 Å². The molecule has 0 aromatic rings. The molecule has 0 radical (unpaired) electrons. The maximum Gasteiger partial charge on any atom is 0.0332 e. The van der Waals surface area contributed by atoms with E-state index >= 15 is 0 Å². The van der Waals surface area contributed by atoms with E-state index in [4.69, 9.17) is 5.73 Å². The Balaban J connectivity index is 1.88. The molecule has 0 spiro atoms. The standard InChI is InChI=1S/C15H31N3/c1-2-18(13-12-17-10-6-7-11-17)15(14-16)8-4-3-5-9-15/h2-14,16H2,1H3. The van der Waals surface area contributed by atoms with Gasteiger partial charge in [0.05, 0.1) is 0 Å². The highest BCUT2D eigenvalue weighted by molar-refractivity contribution is 4.94. The molecule has 2 fully saturated rings. The predicted octanol–water partition coefficient (Wildman–Crippen LogP) is 2.07. The van der Waals surface area contributed by atoms with Gasteiger partial charge in [0.2, 0.25) is 0 Å². The molecule has 3 nitrogen and oxygen atoms in total. The lowest BCUT2D eigenvalue weighted by Gasteiger charge is -2.46. The Hall–Kier alpha value is -0.120. The molecule has 18 heavy (non-hydrogen) atoms. The summed E-state index contributed by atoms with van der Waals surface area (Å²) in [4.78, 5) is 5.31. The van der Waals surface area contributed by atoms with E-state index in [1.807, 2.05) is 0 Å². The predicted molar refractivity (Wildman–Crippen MR) is 77.8 cm³/mol. The van der Waals surface area contributed by atoms with Crippen molar-refractivity contribution in [1.29, 1.82) is 0 Å². The molecule has 106 valence electrons. The van der Waals surface area contributed by atoms with Crippen LogP contribution < -0.4 is 5.73 Å². The second-order valence-corrected chi connectivity index (χ2v) is 6.12. The van der Waals surface area contributed by atoms with Gasteiger partial charge in [-0.3, -0.25) is 4.90 Å². The Labute approximate surface area is 113 Å².